The van der Waals surface area contributed by atoms with Gasteiger partial charge in [-0.15, -0.1) is 0 Å². The third-order valence-electron chi connectivity index (χ3n) is 7.74. The largest absolute Gasteiger partial charge is 0.497 e. The molecule has 0 bridgehead atoms. The molecule has 0 radical (unpaired) electrons. The van der Waals surface area contributed by atoms with Crippen molar-refractivity contribution < 1.29 is 14.3 Å². The molecule has 0 aromatic heterocycles. The van der Waals surface area contributed by atoms with Crippen LogP contribution >= 0.6 is 0 Å². The number of hydrogen-bond donors (Lipinski definition) is 0. The van der Waals surface area contributed by atoms with Crippen LogP contribution in [0.3, 0.4) is 0 Å². The van der Waals surface area contributed by atoms with Crippen molar-refractivity contribution in [2.75, 3.05) is 26.7 Å². The number of likely N-dealkylation sites (tertiary alicyclic amines) is 1. The minimum Gasteiger partial charge on any atom is -0.497 e. The molecule has 6 nitrogen and oxygen atoms in total. The van der Waals surface area contributed by atoms with Gasteiger partial charge < -0.3 is 9.64 Å². The van der Waals surface area contributed by atoms with Crippen molar-refractivity contribution in [2.45, 2.75) is 57.7 Å². The summed E-state index contributed by atoms with van der Waals surface area (Å²) in [6.45, 7) is 7.28. The Morgan fingerprint density at radius 3 is 2.29 bits per heavy atom. The molecule has 2 heterocycles. The number of carbonyl (C=O) groups excluding carboxylic acids is 2. The first-order chi connectivity index (χ1) is 16.4. The molecule has 1 spiro atoms. The second-order valence-electron chi connectivity index (χ2n) is 10.5. The molecule has 34 heavy (non-hydrogen) atoms. The van der Waals surface area contributed by atoms with Gasteiger partial charge in [0.15, 0.2) is 0 Å². The number of piperidine rings is 1. The van der Waals surface area contributed by atoms with Gasteiger partial charge in [0.25, 0.3) is 5.91 Å². The van der Waals surface area contributed by atoms with E-state index >= 15 is 0 Å². The van der Waals surface area contributed by atoms with E-state index in [2.05, 4.69) is 43.0 Å². The third-order valence-corrected chi connectivity index (χ3v) is 7.74. The molecule has 3 amide bonds. The predicted octanol–water partition coefficient (Wildman–Crippen LogP) is 4.12. The number of hydrogen-bond acceptors (Lipinski definition) is 4. The Morgan fingerprint density at radius 2 is 1.68 bits per heavy atom. The first-order valence-electron chi connectivity index (χ1n) is 12.5. The van der Waals surface area contributed by atoms with E-state index in [-0.39, 0.29) is 18.0 Å². The van der Waals surface area contributed by atoms with Crippen molar-refractivity contribution in [3.05, 3.63) is 65.2 Å². The van der Waals surface area contributed by atoms with Crippen LogP contribution in [0.4, 0.5) is 4.79 Å². The Morgan fingerprint density at radius 1 is 1.00 bits per heavy atom. The summed E-state index contributed by atoms with van der Waals surface area (Å²) in [6.07, 6.45) is 2.90. The highest BCUT2D eigenvalue weighted by molar-refractivity contribution is 6.07. The van der Waals surface area contributed by atoms with Gasteiger partial charge in [0.1, 0.15) is 11.3 Å². The second-order valence-corrected chi connectivity index (χ2v) is 10.5. The minimum absolute atomic E-state index is 0.0250. The molecule has 1 aliphatic carbocycles. The lowest BCUT2D eigenvalue weighted by atomic mass is 9.85. The number of rotatable bonds is 6. The van der Waals surface area contributed by atoms with Crippen molar-refractivity contribution in [1.82, 2.24) is 14.7 Å². The molecule has 2 aromatic carbocycles. The van der Waals surface area contributed by atoms with Gasteiger partial charge in [-0.3, -0.25) is 14.6 Å². The van der Waals surface area contributed by atoms with Gasteiger partial charge in [0, 0.05) is 32.2 Å². The highest BCUT2D eigenvalue weighted by Gasteiger charge is 2.59. The Labute approximate surface area is 202 Å². The zero-order valence-electron chi connectivity index (χ0n) is 20.5. The molecule has 0 saturated carbocycles. The van der Waals surface area contributed by atoms with Crippen LogP contribution in [0.1, 0.15) is 43.4 Å². The van der Waals surface area contributed by atoms with E-state index < -0.39 is 5.54 Å². The maximum Gasteiger partial charge on any atom is 0.327 e. The van der Waals surface area contributed by atoms with Crippen molar-refractivity contribution in [2.24, 2.45) is 5.92 Å². The molecule has 0 atom stereocenters. The fourth-order valence-corrected chi connectivity index (χ4v) is 5.99. The summed E-state index contributed by atoms with van der Waals surface area (Å²) in [5, 5.41) is 0. The van der Waals surface area contributed by atoms with E-state index in [1.807, 2.05) is 29.2 Å². The number of benzene rings is 2. The number of amides is 3. The molecular weight excluding hydrogens is 426 g/mol. The zero-order valence-corrected chi connectivity index (χ0v) is 20.5. The minimum atomic E-state index is -0.707. The maximum atomic E-state index is 14.0. The van der Waals surface area contributed by atoms with Crippen LogP contribution in [0, 0.1) is 5.92 Å². The van der Waals surface area contributed by atoms with Crippen LogP contribution in [0.2, 0.25) is 0 Å². The van der Waals surface area contributed by atoms with E-state index in [9.17, 15) is 9.59 Å². The summed E-state index contributed by atoms with van der Waals surface area (Å²) in [5.41, 5.74) is 3.02. The molecule has 0 N–H and O–H groups in total. The lowest BCUT2D eigenvalue weighted by Crippen LogP contribution is -2.57. The average molecular weight is 462 g/mol. The molecule has 5 rings (SSSR count). The van der Waals surface area contributed by atoms with Crippen LogP contribution in [0.5, 0.6) is 5.75 Å². The van der Waals surface area contributed by atoms with Crippen LogP contribution in [-0.4, -0.2) is 65.0 Å². The zero-order chi connectivity index (χ0) is 23.9. The lowest BCUT2D eigenvalue weighted by molar-refractivity contribution is -0.137. The van der Waals surface area contributed by atoms with Gasteiger partial charge in [-0.1, -0.05) is 50.2 Å². The number of imide groups is 1. The number of methoxy groups -OCH3 is 1. The molecule has 0 unspecified atom stereocenters. The number of nitrogens with zero attached hydrogens (tertiary/aromatic N) is 3. The summed E-state index contributed by atoms with van der Waals surface area (Å²) in [6, 6.07) is 16.3. The molecule has 6 heteroatoms. The first kappa shape index (κ1) is 22.9. The summed E-state index contributed by atoms with van der Waals surface area (Å²) >= 11 is 0. The van der Waals surface area contributed by atoms with Crippen molar-refractivity contribution in [3.8, 4) is 5.75 Å². The van der Waals surface area contributed by atoms with Crippen molar-refractivity contribution in [3.63, 3.8) is 0 Å². The fraction of sp³-hybridized carbons (Fsp3) is 0.500. The summed E-state index contributed by atoms with van der Waals surface area (Å²) in [5.74, 6) is 1.19. The molecule has 2 aromatic rings. The SMILES string of the molecule is COc1cccc(CN2CCC3(CC2)C(=O)N(C2Cc4ccccc4C2)C(=O)N3CC(C)C)c1. The van der Waals surface area contributed by atoms with Gasteiger partial charge in [-0.05, 0) is 60.4 Å². The average Bonchev–Trinajstić information content (AvgIpc) is 3.33. The maximum absolute atomic E-state index is 14.0. The Hall–Kier alpha value is -2.86. The first-order valence-corrected chi connectivity index (χ1v) is 12.5. The summed E-state index contributed by atoms with van der Waals surface area (Å²) in [7, 11) is 1.68. The van der Waals surface area contributed by atoms with Crippen LogP contribution in [0.25, 0.3) is 0 Å². The quantitative estimate of drug-likeness (QED) is 0.608. The summed E-state index contributed by atoms with van der Waals surface area (Å²) < 4.78 is 5.37. The topological polar surface area (TPSA) is 53.1 Å². The second kappa shape index (κ2) is 9.06. The van der Waals surface area contributed by atoms with E-state index in [1.165, 1.54) is 16.7 Å². The highest BCUT2D eigenvalue weighted by atomic mass is 16.5. The number of urea groups is 1. The smallest absolute Gasteiger partial charge is 0.327 e. The van der Waals surface area contributed by atoms with Crippen molar-refractivity contribution in [1.29, 1.82) is 0 Å². The van der Waals surface area contributed by atoms with Gasteiger partial charge in [0.05, 0.1) is 7.11 Å². The van der Waals surface area contributed by atoms with Crippen LogP contribution < -0.4 is 4.74 Å². The van der Waals surface area contributed by atoms with E-state index in [0.717, 1.165) is 38.2 Å². The summed E-state index contributed by atoms with van der Waals surface area (Å²) in [4.78, 5) is 33.6. The molecule has 2 fully saturated rings. The third kappa shape index (κ3) is 3.98. The number of ether oxygens (including phenoxy) is 1. The van der Waals surface area contributed by atoms with Crippen molar-refractivity contribution >= 4 is 11.9 Å². The molecule has 3 aliphatic rings. The number of fused-ring (bicyclic) bond motifs is 1. The van der Waals surface area contributed by atoms with Gasteiger partial charge in [-0.2, -0.15) is 0 Å². The van der Waals surface area contributed by atoms with Gasteiger partial charge in [-0.25, -0.2) is 4.79 Å². The van der Waals surface area contributed by atoms with Gasteiger partial charge in [0.2, 0.25) is 0 Å². The lowest BCUT2D eigenvalue weighted by Gasteiger charge is -2.42. The number of carbonyl (C=O) groups is 2. The Kier molecular flexibility index (Phi) is 6.11. The highest BCUT2D eigenvalue weighted by Crippen LogP contribution is 2.41. The normalized spacial score (nSPS) is 20.6. The van der Waals surface area contributed by atoms with Gasteiger partial charge >= 0.3 is 6.03 Å². The van der Waals surface area contributed by atoms with E-state index in [0.29, 0.717) is 25.3 Å². The Balaban J connectivity index is 1.34. The molecule has 2 aliphatic heterocycles. The van der Waals surface area contributed by atoms with E-state index in [4.69, 9.17) is 4.74 Å². The Bertz CT molecular complexity index is 1050. The predicted molar refractivity (Wildman–Crippen MR) is 132 cm³/mol. The fourth-order valence-electron chi connectivity index (χ4n) is 5.99. The van der Waals surface area contributed by atoms with Crippen LogP contribution in [0.15, 0.2) is 48.5 Å². The standard InChI is InChI=1S/C28H35N3O3/c1-20(2)18-30-27(33)31(24-16-22-8-4-5-9-23(22)17-24)26(32)28(30)11-13-29(14-12-28)19-21-7-6-10-25(15-21)34-3/h4-10,15,20,24H,11-14,16-19H2,1-3H3. The molecule has 2 saturated heterocycles. The monoisotopic (exact) mass is 461 g/mol. The molecule has 180 valence electrons. The van der Waals surface area contributed by atoms with E-state index in [1.54, 1.807) is 12.0 Å². The molecular formula is C28H35N3O3. The van der Waals surface area contributed by atoms with Crippen LogP contribution in [-0.2, 0) is 24.2 Å².